The van der Waals surface area contributed by atoms with Gasteiger partial charge in [-0.1, -0.05) is 0 Å². The van der Waals surface area contributed by atoms with Gasteiger partial charge in [0.05, 0.1) is 29.3 Å². The number of hydrogen-bond acceptors (Lipinski definition) is 6. The molecule has 1 aromatic heterocycles. The van der Waals surface area contributed by atoms with Crippen molar-refractivity contribution in [3.05, 3.63) is 30.0 Å². The standard InChI is InChI=1S/C22H26N4O4/c1-14(2)30-20-12-16-18(11-17(20)22(24)28)25-9-7-19(16)29-13-15-5-3-4-10-26(15)21(27)6-8-23/h7,9,11-12,14-15H,3-6,10,13H2,1-2H3,(H2,24,28). The van der Waals surface area contributed by atoms with Gasteiger partial charge in [-0.15, -0.1) is 0 Å². The first kappa shape index (κ1) is 21.4. The number of fused-ring (bicyclic) bond motifs is 1. The van der Waals surface area contributed by atoms with Crippen LogP contribution in [-0.2, 0) is 4.79 Å². The first-order valence-electron chi connectivity index (χ1n) is 10.1. The summed E-state index contributed by atoms with van der Waals surface area (Å²) in [4.78, 5) is 30.2. The fourth-order valence-corrected chi connectivity index (χ4v) is 3.67. The highest BCUT2D eigenvalue weighted by Gasteiger charge is 2.27. The number of pyridine rings is 1. The molecule has 30 heavy (non-hydrogen) atoms. The van der Waals surface area contributed by atoms with Crippen molar-refractivity contribution in [1.29, 1.82) is 5.26 Å². The van der Waals surface area contributed by atoms with Crippen LogP contribution >= 0.6 is 0 Å². The lowest BCUT2D eigenvalue weighted by atomic mass is 10.0. The summed E-state index contributed by atoms with van der Waals surface area (Å²) < 4.78 is 11.9. The smallest absolute Gasteiger partial charge is 0.252 e. The number of aromatic nitrogens is 1. The number of ether oxygens (including phenoxy) is 2. The highest BCUT2D eigenvalue weighted by molar-refractivity contribution is 6.01. The third-order valence-electron chi connectivity index (χ3n) is 5.04. The number of rotatable bonds is 7. The van der Waals surface area contributed by atoms with E-state index in [1.807, 2.05) is 19.9 Å². The number of amides is 2. The van der Waals surface area contributed by atoms with E-state index in [0.717, 1.165) is 19.3 Å². The Bertz CT molecular complexity index is 983. The molecule has 3 rings (SSSR count). The number of piperidine rings is 1. The van der Waals surface area contributed by atoms with Gasteiger partial charge in [-0.2, -0.15) is 5.26 Å². The summed E-state index contributed by atoms with van der Waals surface area (Å²) in [6, 6.07) is 6.91. The highest BCUT2D eigenvalue weighted by Crippen LogP contribution is 2.32. The molecule has 8 nitrogen and oxygen atoms in total. The fourth-order valence-electron chi connectivity index (χ4n) is 3.67. The normalized spacial score (nSPS) is 16.3. The van der Waals surface area contributed by atoms with Crippen LogP contribution in [0.2, 0.25) is 0 Å². The minimum Gasteiger partial charge on any atom is -0.491 e. The number of hydrogen-bond donors (Lipinski definition) is 1. The molecule has 0 spiro atoms. The summed E-state index contributed by atoms with van der Waals surface area (Å²) in [7, 11) is 0. The second-order valence-corrected chi connectivity index (χ2v) is 7.59. The number of primary amides is 1. The van der Waals surface area contributed by atoms with Gasteiger partial charge in [-0.3, -0.25) is 14.6 Å². The Balaban J connectivity index is 1.87. The first-order valence-corrected chi connectivity index (χ1v) is 10.1. The minimum atomic E-state index is -0.588. The van der Waals surface area contributed by atoms with Crippen molar-refractivity contribution in [3.8, 4) is 17.6 Å². The molecule has 2 amide bonds. The molecule has 2 N–H and O–H groups in total. The van der Waals surface area contributed by atoms with E-state index >= 15 is 0 Å². The summed E-state index contributed by atoms with van der Waals surface area (Å²) >= 11 is 0. The summed E-state index contributed by atoms with van der Waals surface area (Å²) in [5, 5.41) is 9.55. The Morgan fingerprint density at radius 3 is 2.83 bits per heavy atom. The molecule has 1 unspecified atom stereocenters. The van der Waals surface area contributed by atoms with E-state index in [9.17, 15) is 9.59 Å². The average Bonchev–Trinajstić information content (AvgIpc) is 2.71. The number of carbonyl (C=O) groups excluding carboxylic acids is 2. The van der Waals surface area contributed by atoms with Crippen molar-refractivity contribution in [2.75, 3.05) is 13.2 Å². The second kappa shape index (κ2) is 9.44. The number of benzene rings is 1. The highest BCUT2D eigenvalue weighted by atomic mass is 16.5. The molecular formula is C22H26N4O4. The molecule has 0 radical (unpaired) electrons. The Hall–Kier alpha value is -3.34. The SMILES string of the molecule is CC(C)Oc1cc2c(OCC3CCCCN3C(=O)CC#N)ccnc2cc1C(N)=O. The quantitative estimate of drug-likeness (QED) is 0.750. The molecule has 1 fully saturated rings. The molecule has 2 heterocycles. The molecule has 2 aromatic rings. The maximum atomic E-state index is 12.3. The molecule has 1 aliphatic heterocycles. The third kappa shape index (κ3) is 4.79. The van der Waals surface area contributed by atoms with Crippen LogP contribution in [0.5, 0.6) is 11.5 Å². The monoisotopic (exact) mass is 410 g/mol. The third-order valence-corrected chi connectivity index (χ3v) is 5.04. The van der Waals surface area contributed by atoms with Gasteiger partial charge in [0.2, 0.25) is 5.91 Å². The van der Waals surface area contributed by atoms with Crippen LogP contribution in [0.4, 0.5) is 0 Å². The Morgan fingerprint density at radius 1 is 1.33 bits per heavy atom. The van der Waals surface area contributed by atoms with Gasteiger partial charge in [0, 0.05) is 18.1 Å². The zero-order valence-corrected chi connectivity index (χ0v) is 17.3. The molecule has 1 saturated heterocycles. The lowest BCUT2D eigenvalue weighted by Crippen LogP contribution is -2.46. The second-order valence-electron chi connectivity index (χ2n) is 7.59. The van der Waals surface area contributed by atoms with Gasteiger partial charge in [-0.25, -0.2) is 0 Å². The number of likely N-dealkylation sites (tertiary alicyclic amines) is 1. The van der Waals surface area contributed by atoms with Crippen LogP contribution in [0.1, 0.15) is 49.9 Å². The molecular weight excluding hydrogens is 384 g/mol. The Labute approximate surface area is 175 Å². The zero-order chi connectivity index (χ0) is 21.7. The number of nitrogens with zero attached hydrogens (tertiary/aromatic N) is 3. The van der Waals surface area contributed by atoms with Gasteiger partial charge in [-0.05, 0) is 51.3 Å². The predicted molar refractivity (Wildman–Crippen MR) is 111 cm³/mol. The fraction of sp³-hybridized carbons (Fsp3) is 0.455. The molecule has 0 aliphatic carbocycles. The van der Waals surface area contributed by atoms with Gasteiger partial charge in [0.25, 0.3) is 5.91 Å². The minimum absolute atomic E-state index is 0.0842. The van der Waals surface area contributed by atoms with E-state index in [1.165, 1.54) is 0 Å². The Morgan fingerprint density at radius 2 is 2.13 bits per heavy atom. The van der Waals surface area contributed by atoms with Crippen molar-refractivity contribution in [2.24, 2.45) is 5.73 Å². The van der Waals surface area contributed by atoms with Crippen molar-refractivity contribution >= 4 is 22.7 Å². The molecule has 1 atom stereocenters. The van der Waals surface area contributed by atoms with Crippen molar-refractivity contribution in [3.63, 3.8) is 0 Å². The van der Waals surface area contributed by atoms with Gasteiger partial charge < -0.3 is 20.1 Å². The van der Waals surface area contributed by atoms with E-state index in [2.05, 4.69) is 4.98 Å². The first-order chi connectivity index (χ1) is 14.4. The molecule has 0 bridgehead atoms. The molecule has 158 valence electrons. The maximum absolute atomic E-state index is 12.3. The van der Waals surface area contributed by atoms with Crippen LogP contribution in [0.3, 0.4) is 0 Å². The van der Waals surface area contributed by atoms with E-state index in [-0.39, 0.29) is 30.0 Å². The van der Waals surface area contributed by atoms with Crippen LogP contribution in [0, 0.1) is 11.3 Å². The largest absolute Gasteiger partial charge is 0.491 e. The summed E-state index contributed by atoms with van der Waals surface area (Å²) in [5.41, 5.74) is 6.34. The average molecular weight is 410 g/mol. The Kier molecular flexibility index (Phi) is 6.72. The van der Waals surface area contributed by atoms with Crippen LogP contribution < -0.4 is 15.2 Å². The molecule has 0 saturated carbocycles. The van der Waals surface area contributed by atoms with Crippen LogP contribution in [0.25, 0.3) is 10.9 Å². The summed E-state index contributed by atoms with van der Waals surface area (Å²) in [5.74, 6) is 0.216. The van der Waals surface area contributed by atoms with E-state index < -0.39 is 5.91 Å². The van der Waals surface area contributed by atoms with E-state index in [4.69, 9.17) is 20.5 Å². The lowest BCUT2D eigenvalue weighted by Gasteiger charge is -2.35. The molecule has 8 heteroatoms. The van der Waals surface area contributed by atoms with Gasteiger partial charge in [0.1, 0.15) is 24.5 Å². The maximum Gasteiger partial charge on any atom is 0.252 e. The van der Waals surface area contributed by atoms with Crippen molar-refractivity contribution < 1.29 is 19.1 Å². The van der Waals surface area contributed by atoms with Gasteiger partial charge >= 0.3 is 0 Å². The van der Waals surface area contributed by atoms with Crippen molar-refractivity contribution in [2.45, 2.75) is 51.7 Å². The molecule has 1 aliphatic rings. The van der Waals surface area contributed by atoms with Gasteiger partial charge in [0.15, 0.2) is 0 Å². The lowest BCUT2D eigenvalue weighted by molar-refractivity contribution is -0.134. The predicted octanol–water partition coefficient (Wildman–Crippen LogP) is 2.79. The van der Waals surface area contributed by atoms with Crippen LogP contribution in [-0.4, -0.2) is 47.0 Å². The zero-order valence-electron chi connectivity index (χ0n) is 17.3. The number of nitriles is 1. The van der Waals surface area contributed by atoms with Crippen molar-refractivity contribution in [1.82, 2.24) is 9.88 Å². The summed E-state index contributed by atoms with van der Waals surface area (Å²) in [6.45, 7) is 4.69. The number of nitrogens with two attached hydrogens (primary N) is 1. The topological polar surface area (TPSA) is 119 Å². The summed E-state index contributed by atoms with van der Waals surface area (Å²) in [6.07, 6.45) is 4.11. The number of carbonyl (C=O) groups is 2. The van der Waals surface area contributed by atoms with E-state index in [0.29, 0.717) is 35.6 Å². The van der Waals surface area contributed by atoms with Crippen LogP contribution in [0.15, 0.2) is 24.4 Å². The molecule has 1 aromatic carbocycles. The van der Waals surface area contributed by atoms with E-state index in [1.54, 1.807) is 29.3 Å².